The summed E-state index contributed by atoms with van der Waals surface area (Å²) in [6.45, 7) is 3.51. The molecule has 0 radical (unpaired) electrons. The molecule has 0 N–H and O–H groups in total. The van der Waals surface area contributed by atoms with Gasteiger partial charge in [-0.2, -0.15) is 5.26 Å². The number of esters is 1. The molecule has 3 rings (SSSR count). The van der Waals surface area contributed by atoms with Crippen LogP contribution in [0.5, 0.6) is 11.5 Å². The molecule has 0 fully saturated rings. The number of nitriles is 1. The van der Waals surface area contributed by atoms with Crippen molar-refractivity contribution < 1.29 is 19.0 Å². The van der Waals surface area contributed by atoms with Crippen molar-refractivity contribution in [1.29, 1.82) is 5.26 Å². The monoisotopic (exact) mass is 333 g/mol. The van der Waals surface area contributed by atoms with Crippen LogP contribution in [0.25, 0.3) is 5.57 Å². The van der Waals surface area contributed by atoms with Gasteiger partial charge in [0.05, 0.1) is 13.4 Å². The van der Waals surface area contributed by atoms with Crippen molar-refractivity contribution in [2.24, 2.45) is 0 Å². The maximum Gasteiger partial charge on any atom is 0.350 e. The Morgan fingerprint density at radius 3 is 2.32 bits per heavy atom. The Morgan fingerprint density at radius 1 is 1.12 bits per heavy atom. The molecular weight excluding hydrogens is 318 g/mol. The molecule has 1 aliphatic rings. The maximum absolute atomic E-state index is 12.1. The van der Waals surface area contributed by atoms with Gasteiger partial charge in [-0.15, -0.1) is 0 Å². The van der Waals surface area contributed by atoms with Crippen LogP contribution in [0.4, 0.5) is 0 Å². The Kier molecular flexibility index (Phi) is 4.53. The number of rotatable bonds is 5. The number of carbonyl (C=O) groups is 1. The number of ether oxygens (including phenoxy) is 3. The first-order chi connectivity index (χ1) is 12.2. The Balaban J connectivity index is 2.03. The van der Waals surface area contributed by atoms with Gasteiger partial charge >= 0.3 is 5.97 Å². The molecule has 124 valence electrons. The summed E-state index contributed by atoms with van der Waals surface area (Å²) in [5.74, 6) is 0.693. The molecule has 2 aromatic carbocycles. The number of cyclic esters (lactones) is 1. The first kappa shape index (κ1) is 16.3. The highest BCUT2D eigenvalue weighted by Crippen LogP contribution is 2.42. The van der Waals surface area contributed by atoms with Gasteiger partial charge in [0, 0.05) is 5.57 Å². The molecule has 1 unspecified atom stereocenters. The molecule has 0 aromatic heterocycles. The van der Waals surface area contributed by atoms with Crippen LogP contribution in [-0.4, -0.2) is 13.1 Å². The fourth-order valence-corrected chi connectivity index (χ4v) is 2.69. The molecule has 0 aliphatic carbocycles. The third kappa shape index (κ3) is 3.10. The second-order valence-corrected chi connectivity index (χ2v) is 5.27. The first-order valence-corrected chi connectivity index (χ1v) is 7.55. The summed E-state index contributed by atoms with van der Waals surface area (Å²) in [5, 5.41) is 9.38. The van der Waals surface area contributed by atoms with E-state index in [-0.39, 0.29) is 5.57 Å². The number of nitrogens with zero attached hydrogens (tertiary/aromatic N) is 1. The predicted molar refractivity (Wildman–Crippen MR) is 91.6 cm³/mol. The van der Waals surface area contributed by atoms with Crippen molar-refractivity contribution in [1.82, 2.24) is 0 Å². The van der Waals surface area contributed by atoms with Crippen molar-refractivity contribution >= 4 is 11.5 Å². The van der Waals surface area contributed by atoms with Gasteiger partial charge in [-0.1, -0.05) is 30.8 Å². The Bertz CT molecular complexity index is 873. The molecule has 0 amide bonds. The third-order valence-corrected chi connectivity index (χ3v) is 3.88. The van der Waals surface area contributed by atoms with Gasteiger partial charge in [0.15, 0.2) is 6.10 Å². The molecule has 0 bridgehead atoms. The summed E-state index contributed by atoms with van der Waals surface area (Å²) in [5.41, 5.74) is 2.05. The van der Waals surface area contributed by atoms with E-state index in [0.29, 0.717) is 17.1 Å². The lowest BCUT2D eigenvalue weighted by atomic mass is 9.93. The number of methoxy groups -OCH3 is 1. The van der Waals surface area contributed by atoms with E-state index in [2.05, 4.69) is 6.58 Å². The zero-order valence-electron chi connectivity index (χ0n) is 13.6. The summed E-state index contributed by atoms with van der Waals surface area (Å²) < 4.78 is 15.8. The van der Waals surface area contributed by atoms with Crippen LogP contribution in [0, 0.1) is 11.3 Å². The maximum atomic E-state index is 12.1. The molecule has 5 nitrogen and oxygen atoms in total. The molecule has 1 heterocycles. The van der Waals surface area contributed by atoms with Crippen molar-refractivity contribution in [2.75, 3.05) is 7.11 Å². The minimum absolute atomic E-state index is 0.0154. The molecule has 0 saturated heterocycles. The topological polar surface area (TPSA) is 68.5 Å². The van der Waals surface area contributed by atoms with Gasteiger partial charge in [0.2, 0.25) is 0 Å². The molecule has 0 spiro atoms. The van der Waals surface area contributed by atoms with E-state index in [0.717, 1.165) is 11.1 Å². The summed E-state index contributed by atoms with van der Waals surface area (Å²) in [7, 11) is 1.58. The van der Waals surface area contributed by atoms with Gasteiger partial charge < -0.3 is 14.2 Å². The normalized spacial score (nSPS) is 16.2. The van der Waals surface area contributed by atoms with Crippen molar-refractivity contribution in [2.45, 2.75) is 6.10 Å². The number of hydrogen-bond donors (Lipinski definition) is 0. The van der Waals surface area contributed by atoms with Crippen LogP contribution in [-0.2, 0) is 9.53 Å². The number of benzene rings is 2. The van der Waals surface area contributed by atoms with Crippen LogP contribution < -0.4 is 9.47 Å². The van der Waals surface area contributed by atoms with E-state index in [1.165, 1.54) is 6.26 Å². The molecule has 1 aliphatic heterocycles. The highest BCUT2D eigenvalue weighted by atomic mass is 16.5. The van der Waals surface area contributed by atoms with Gasteiger partial charge in [-0.25, -0.2) is 4.79 Å². The molecule has 1 atom stereocenters. The average Bonchev–Trinajstić information content (AvgIpc) is 2.99. The average molecular weight is 333 g/mol. The predicted octanol–water partition coefficient (Wildman–Crippen LogP) is 3.79. The molecule has 2 aromatic rings. The highest BCUT2D eigenvalue weighted by molar-refractivity contribution is 6.06. The zero-order valence-corrected chi connectivity index (χ0v) is 13.6. The molecule has 0 saturated carbocycles. The van der Waals surface area contributed by atoms with E-state index < -0.39 is 12.1 Å². The van der Waals surface area contributed by atoms with E-state index in [1.807, 2.05) is 6.07 Å². The molecule has 25 heavy (non-hydrogen) atoms. The minimum atomic E-state index is -0.645. The van der Waals surface area contributed by atoms with Crippen LogP contribution in [0.2, 0.25) is 0 Å². The van der Waals surface area contributed by atoms with Gasteiger partial charge in [0.25, 0.3) is 0 Å². The molecule has 5 heteroatoms. The third-order valence-electron chi connectivity index (χ3n) is 3.88. The summed E-state index contributed by atoms with van der Waals surface area (Å²) in [6.07, 6.45) is 0.689. The van der Waals surface area contributed by atoms with Crippen LogP contribution in [0.15, 0.2) is 66.9 Å². The van der Waals surface area contributed by atoms with Gasteiger partial charge in [-0.3, -0.25) is 0 Å². The second kappa shape index (κ2) is 6.93. The first-order valence-electron chi connectivity index (χ1n) is 7.55. The minimum Gasteiger partial charge on any atom is -0.497 e. The Labute approximate surface area is 145 Å². The highest BCUT2D eigenvalue weighted by Gasteiger charge is 2.36. The number of hydrogen-bond acceptors (Lipinski definition) is 5. The Hall–Kier alpha value is -3.52. The smallest absolute Gasteiger partial charge is 0.350 e. The summed E-state index contributed by atoms with van der Waals surface area (Å²) in [4.78, 5) is 12.1. The lowest BCUT2D eigenvalue weighted by molar-refractivity contribution is -0.139. The second-order valence-electron chi connectivity index (χ2n) is 5.27. The summed E-state index contributed by atoms with van der Waals surface area (Å²) in [6, 6.07) is 16.2. The van der Waals surface area contributed by atoms with E-state index >= 15 is 0 Å². The standard InChI is InChI=1S/C20H15NO4/c1-3-24-16-10-6-14(7-11-16)19-18(17(12-21)20(22)25-19)13-4-8-15(23-2)9-5-13/h3-11,19H,1H2,2H3. The largest absolute Gasteiger partial charge is 0.497 e. The van der Waals surface area contributed by atoms with Crippen molar-refractivity contribution in [3.8, 4) is 17.6 Å². The van der Waals surface area contributed by atoms with Gasteiger partial charge in [0.1, 0.15) is 23.1 Å². The van der Waals surface area contributed by atoms with Crippen LogP contribution >= 0.6 is 0 Å². The van der Waals surface area contributed by atoms with Crippen molar-refractivity contribution in [3.05, 3.63) is 78.1 Å². The van der Waals surface area contributed by atoms with E-state index in [4.69, 9.17) is 14.2 Å². The zero-order chi connectivity index (χ0) is 17.8. The van der Waals surface area contributed by atoms with Crippen LogP contribution in [0.1, 0.15) is 17.2 Å². The SMILES string of the molecule is C=COc1ccc(C2OC(=O)C(C#N)=C2c2ccc(OC)cc2)cc1. The Morgan fingerprint density at radius 2 is 1.76 bits per heavy atom. The molecular formula is C20H15NO4. The quantitative estimate of drug-likeness (QED) is 0.615. The fourth-order valence-electron chi connectivity index (χ4n) is 2.69. The number of carbonyl (C=O) groups excluding carboxylic acids is 1. The summed E-state index contributed by atoms with van der Waals surface area (Å²) >= 11 is 0. The van der Waals surface area contributed by atoms with E-state index in [9.17, 15) is 10.1 Å². The lowest BCUT2D eigenvalue weighted by Gasteiger charge is -2.15. The van der Waals surface area contributed by atoms with E-state index in [1.54, 1.807) is 55.6 Å². The van der Waals surface area contributed by atoms with Gasteiger partial charge in [-0.05, 0) is 35.4 Å². The van der Waals surface area contributed by atoms with Crippen LogP contribution in [0.3, 0.4) is 0 Å². The lowest BCUT2D eigenvalue weighted by Crippen LogP contribution is -2.03. The fraction of sp³-hybridized carbons (Fsp3) is 0.100. The van der Waals surface area contributed by atoms with Crippen molar-refractivity contribution in [3.63, 3.8) is 0 Å².